The van der Waals surface area contributed by atoms with Crippen LogP contribution in [-0.2, 0) is 16.0 Å². The zero-order valence-corrected chi connectivity index (χ0v) is 10.3. The molecule has 0 saturated heterocycles. The number of aliphatic hydroxyl groups is 1. The third kappa shape index (κ3) is 5.45. The highest BCUT2D eigenvalue weighted by atomic mass is 16.3. The lowest BCUT2D eigenvalue weighted by Gasteiger charge is -2.07. The highest BCUT2D eigenvalue weighted by Crippen LogP contribution is 1.97. The lowest BCUT2D eigenvalue weighted by Crippen LogP contribution is -2.42. The van der Waals surface area contributed by atoms with Crippen molar-refractivity contribution in [1.82, 2.24) is 10.6 Å². The maximum Gasteiger partial charge on any atom is 0.309 e. The average molecular weight is 250 g/mol. The SMILES string of the molecule is CC(O)CNC(=O)C(=O)NCCc1ccccc1. The van der Waals surface area contributed by atoms with Crippen molar-refractivity contribution in [2.24, 2.45) is 0 Å². The van der Waals surface area contributed by atoms with E-state index >= 15 is 0 Å². The van der Waals surface area contributed by atoms with E-state index in [1.54, 1.807) is 0 Å². The molecule has 1 atom stereocenters. The molecule has 1 aromatic carbocycles. The molecule has 5 heteroatoms. The van der Waals surface area contributed by atoms with Crippen LogP contribution in [0.2, 0.25) is 0 Å². The predicted molar refractivity (Wildman–Crippen MR) is 67.8 cm³/mol. The van der Waals surface area contributed by atoms with Crippen molar-refractivity contribution in [1.29, 1.82) is 0 Å². The summed E-state index contributed by atoms with van der Waals surface area (Å²) in [6.07, 6.45) is 0.0158. The van der Waals surface area contributed by atoms with Crippen LogP contribution in [0.1, 0.15) is 12.5 Å². The van der Waals surface area contributed by atoms with Crippen LogP contribution in [0, 0.1) is 0 Å². The molecule has 0 fully saturated rings. The molecule has 0 aliphatic heterocycles. The molecule has 98 valence electrons. The number of carbonyl (C=O) groups excluding carboxylic acids is 2. The number of hydrogen-bond donors (Lipinski definition) is 3. The van der Waals surface area contributed by atoms with E-state index in [2.05, 4.69) is 10.6 Å². The summed E-state index contributed by atoms with van der Waals surface area (Å²) in [4.78, 5) is 22.6. The molecule has 1 unspecified atom stereocenters. The molecule has 0 radical (unpaired) electrons. The van der Waals surface area contributed by atoms with Gasteiger partial charge in [0.25, 0.3) is 0 Å². The Balaban J connectivity index is 2.23. The van der Waals surface area contributed by atoms with E-state index in [9.17, 15) is 9.59 Å². The Hall–Kier alpha value is -1.88. The van der Waals surface area contributed by atoms with Gasteiger partial charge in [-0.3, -0.25) is 9.59 Å². The fourth-order valence-electron chi connectivity index (χ4n) is 1.37. The molecule has 1 rings (SSSR count). The summed E-state index contributed by atoms with van der Waals surface area (Å²) < 4.78 is 0. The summed E-state index contributed by atoms with van der Waals surface area (Å²) in [6, 6.07) is 9.68. The molecule has 0 aliphatic carbocycles. The fourth-order valence-corrected chi connectivity index (χ4v) is 1.37. The van der Waals surface area contributed by atoms with E-state index in [1.807, 2.05) is 30.3 Å². The third-order valence-corrected chi connectivity index (χ3v) is 2.31. The van der Waals surface area contributed by atoms with E-state index in [1.165, 1.54) is 6.92 Å². The minimum atomic E-state index is -0.719. The van der Waals surface area contributed by atoms with Crippen molar-refractivity contribution in [3.63, 3.8) is 0 Å². The monoisotopic (exact) mass is 250 g/mol. The summed E-state index contributed by atoms with van der Waals surface area (Å²) in [5.41, 5.74) is 1.10. The summed E-state index contributed by atoms with van der Waals surface area (Å²) in [6.45, 7) is 2.02. The molecule has 1 aromatic rings. The fraction of sp³-hybridized carbons (Fsp3) is 0.385. The van der Waals surface area contributed by atoms with Crippen LogP contribution in [0.15, 0.2) is 30.3 Å². The highest BCUT2D eigenvalue weighted by molar-refractivity contribution is 6.35. The van der Waals surface area contributed by atoms with E-state index in [4.69, 9.17) is 5.11 Å². The first kappa shape index (κ1) is 14.2. The van der Waals surface area contributed by atoms with Crippen molar-refractivity contribution < 1.29 is 14.7 Å². The molecular weight excluding hydrogens is 232 g/mol. The van der Waals surface area contributed by atoms with E-state index in [0.29, 0.717) is 13.0 Å². The molecule has 0 spiro atoms. The maximum absolute atomic E-state index is 11.3. The molecule has 0 saturated carbocycles. The van der Waals surface area contributed by atoms with E-state index in [0.717, 1.165) is 5.56 Å². The number of carbonyl (C=O) groups is 2. The first-order valence-corrected chi connectivity index (χ1v) is 5.87. The molecule has 3 N–H and O–H groups in total. The van der Waals surface area contributed by atoms with Gasteiger partial charge in [-0.25, -0.2) is 0 Å². The van der Waals surface area contributed by atoms with Gasteiger partial charge in [-0.1, -0.05) is 30.3 Å². The molecular formula is C13H18N2O3. The molecule has 0 aliphatic rings. The van der Waals surface area contributed by atoms with Crippen LogP contribution in [0.4, 0.5) is 0 Å². The minimum absolute atomic E-state index is 0.0743. The number of hydrogen-bond acceptors (Lipinski definition) is 3. The second kappa shape index (κ2) is 7.45. The van der Waals surface area contributed by atoms with Gasteiger partial charge in [0.2, 0.25) is 0 Å². The van der Waals surface area contributed by atoms with E-state index < -0.39 is 17.9 Å². The molecule has 0 aromatic heterocycles. The van der Waals surface area contributed by atoms with Gasteiger partial charge in [0.05, 0.1) is 6.10 Å². The van der Waals surface area contributed by atoms with Crippen LogP contribution < -0.4 is 10.6 Å². The molecule has 0 bridgehead atoms. The molecule has 2 amide bonds. The second-order valence-corrected chi connectivity index (χ2v) is 4.05. The van der Waals surface area contributed by atoms with Crippen molar-refractivity contribution in [2.45, 2.75) is 19.4 Å². The first-order valence-electron chi connectivity index (χ1n) is 5.87. The number of nitrogens with one attached hydrogen (secondary N) is 2. The lowest BCUT2D eigenvalue weighted by atomic mass is 10.1. The number of benzene rings is 1. The van der Waals surface area contributed by atoms with Gasteiger partial charge >= 0.3 is 11.8 Å². The Bertz CT molecular complexity index is 390. The smallest absolute Gasteiger partial charge is 0.309 e. The number of aliphatic hydroxyl groups excluding tert-OH is 1. The van der Waals surface area contributed by atoms with Gasteiger partial charge in [0.15, 0.2) is 0 Å². The van der Waals surface area contributed by atoms with Gasteiger partial charge in [0.1, 0.15) is 0 Å². The Kier molecular flexibility index (Phi) is 5.87. The van der Waals surface area contributed by atoms with Crippen molar-refractivity contribution in [3.05, 3.63) is 35.9 Å². The van der Waals surface area contributed by atoms with Crippen molar-refractivity contribution >= 4 is 11.8 Å². The topological polar surface area (TPSA) is 78.4 Å². The van der Waals surface area contributed by atoms with Crippen LogP contribution in [0.25, 0.3) is 0 Å². The normalized spacial score (nSPS) is 11.7. The maximum atomic E-state index is 11.3. The molecule has 5 nitrogen and oxygen atoms in total. The van der Waals surface area contributed by atoms with Gasteiger partial charge < -0.3 is 15.7 Å². The first-order chi connectivity index (χ1) is 8.59. The van der Waals surface area contributed by atoms with E-state index in [-0.39, 0.29) is 6.54 Å². The Morgan fingerprint density at radius 2 is 1.78 bits per heavy atom. The van der Waals surface area contributed by atoms with Gasteiger partial charge in [0, 0.05) is 13.1 Å². The Morgan fingerprint density at radius 1 is 1.17 bits per heavy atom. The average Bonchev–Trinajstić information content (AvgIpc) is 2.37. The quantitative estimate of drug-likeness (QED) is 0.636. The van der Waals surface area contributed by atoms with Gasteiger partial charge in [-0.2, -0.15) is 0 Å². The van der Waals surface area contributed by atoms with Gasteiger partial charge in [-0.05, 0) is 18.9 Å². The van der Waals surface area contributed by atoms with Gasteiger partial charge in [-0.15, -0.1) is 0 Å². The van der Waals surface area contributed by atoms with Crippen LogP contribution in [-0.4, -0.2) is 36.1 Å². The predicted octanol–water partition coefficient (Wildman–Crippen LogP) is -0.158. The van der Waals surface area contributed by atoms with Crippen LogP contribution in [0.5, 0.6) is 0 Å². The summed E-state index contributed by atoms with van der Waals surface area (Å²) >= 11 is 0. The lowest BCUT2D eigenvalue weighted by molar-refractivity contribution is -0.139. The second-order valence-electron chi connectivity index (χ2n) is 4.05. The van der Waals surface area contributed by atoms with Crippen LogP contribution >= 0.6 is 0 Å². The third-order valence-electron chi connectivity index (χ3n) is 2.31. The summed E-state index contributed by atoms with van der Waals surface area (Å²) in [5, 5.41) is 13.8. The standard InChI is InChI=1S/C13H18N2O3/c1-10(16)9-15-13(18)12(17)14-8-7-11-5-3-2-4-6-11/h2-6,10,16H,7-9H2,1H3,(H,14,17)(H,15,18). The minimum Gasteiger partial charge on any atom is -0.392 e. The molecule has 18 heavy (non-hydrogen) atoms. The van der Waals surface area contributed by atoms with Crippen molar-refractivity contribution in [2.75, 3.05) is 13.1 Å². The largest absolute Gasteiger partial charge is 0.392 e. The Morgan fingerprint density at radius 3 is 2.39 bits per heavy atom. The number of amides is 2. The summed E-state index contributed by atoms with van der Waals surface area (Å²) in [5.74, 6) is -1.39. The van der Waals surface area contributed by atoms with Crippen molar-refractivity contribution in [3.8, 4) is 0 Å². The molecule has 0 heterocycles. The zero-order valence-electron chi connectivity index (χ0n) is 10.3. The zero-order chi connectivity index (χ0) is 13.4. The number of rotatable bonds is 5. The summed E-state index contributed by atoms with van der Waals surface area (Å²) in [7, 11) is 0. The highest BCUT2D eigenvalue weighted by Gasteiger charge is 2.12. The van der Waals surface area contributed by atoms with Crippen LogP contribution in [0.3, 0.4) is 0 Å². The Labute approximate surface area is 106 Å².